The fraction of sp³-hybridized carbons (Fsp3) is 0.214. The van der Waals surface area contributed by atoms with E-state index in [4.69, 9.17) is 0 Å². The first-order valence-electron chi connectivity index (χ1n) is 5.67. The molecule has 0 N–H and O–H groups in total. The van der Waals surface area contributed by atoms with Crippen molar-refractivity contribution in [3.63, 3.8) is 0 Å². The Balaban J connectivity index is 2.10. The van der Waals surface area contributed by atoms with Crippen LogP contribution in [0, 0.1) is 6.92 Å². The molecule has 0 aliphatic heterocycles. The third-order valence-corrected chi connectivity index (χ3v) is 2.47. The molecule has 0 bridgehead atoms. The number of rotatable bonds is 3. The maximum atomic E-state index is 12.0. The molecule has 100 valence electrons. The van der Waals surface area contributed by atoms with E-state index in [9.17, 15) is 13.2 Å². The summed E-state index contributed by atoms with van der Waals surface area (Å²) in [7, 11) is 0. The predicted molar refractivity (Wildman–Crippen MR) is 66.0 cm³/mol. The van der Waals surface area contributed by atoms with E-state index in [1.54, 1.807) is 6.07 Å². The molecule has 0 aliphatic carbocycles. The van der Waals surface area contributed by atoms with E-state index >= 15 is 0 Å². The van der Waals surface area contributed by atoms with Crippen molar-refractivity contribution in [3.05, 3.63) is 48.2 Å². The molecule has 2 nitrogen and oxygen atoms in total. The Kier molecular flexibility index (Phi) is 3.74. The van der Waals surface area contributed by atoms with E-state index in [-0.39, 0.29) is 5.88 Å². The van der Waals surface area contributed by atoms with Gasteiger partial charge in [-0.05, 0) is 18.6 Å². The molecular weight excluding hydrogens is 255 g/mol. The predicted octanol–water partition coefficient (Wildman–Crippen LogP) is 4.00. The topological polar surface area (TPSA) is 22.1 Å². The minimum Gasteiger partial charge on any atom is -0.468 e. The molecule has 1 aromatic heterocycles. The normalized spacial score (nSPS) is 11.4. The number of nitrogens with zero attached hydrogens (tertiary/aromatic N) is 1. The molecule has 5 heteroatoms. The van der Waals surface area contributed by atoms with E-state index in [0.717, 1.165) is 16.7 Å². The van der Waals surface area contributed by atoms with Crippen LogP contribution in [0.5, 0.6) is 5.88 Å². The summed E-state index contributed by atoms with van der Waals surface area (Å²) in [5.41, 5.74) is 2.91. The van der Waals surface area contributed by atoms with Crippen LogP contribution in [-0.2, 0) is 0 Å². The Morgan fingerprint density at radius 2 is 1.89 bits per heavy atom. The lowest BCUT2D eigenvalue weighted by atomic mass is 10.1. The van der Waals surface area contributed by atoms with Crippen molar-refractivity contribution >= 4 is 0 Å². The van der Waals surface area contributed by atoms with Crippen molar-refractivity contribution in [2.75, 3.05) is 6.61 Å². The number of ether oxygens (including phenoxy) is 1. The number of hydrogen-bond acceptors (Lipinski definition) is 2. The van der Waals surface area contributed by atoms with Gasteiger partial charge >= 0.3 is 6.18 Å². The Morgan fingerprint density at radius 3 is 2.47 bits per heavy atom. The van der Waals surface area contributed by atoms with Crippen LogP contribution in [0.1, 0.15) is 5.56 Å². The summed E-state index contributed by atoms with van der Waals surface area (Å²) >= 11 is 0. The van der Waals surface area contributed by atoms with Gasteiger partial charge in [0.05, 0.1) is 0 Å². The molecule has 0 saturated heterocycles. The lowest BCUT2D eigenvalue weighted by Crippen LogP contribution is -2.19. The number of aryl methyl sites for hydroxylation is 1. The third kappa shape index (κ3) is 3.98. The molecule has 19 heavy (non-hydrogen) atoms. The summed E-state index contributed by atoms with van der Waals surface area (Å²) in [5.74, 6) is -0.0336. The highest BCUT2D eigenvalue weighted by Gasteiger charge is 2.28. The molecule has 0 unspecified atom stereocenters. The van der Waals surface area contributed by atoms with E-state index < -0.39 is 12.8 Å². The zero-order valence-corrected chi connectivity index (χ0v) is 10.2. The maximum absolute atomic E-state index is 12.0. The highest BCUT2D eigenvalue weighted by atomic mass is 19.4. The number of alkyl halides is 3. The zero-order valence-electron chi connectivity index (χ0n) is 10.2. The van der Waals surface area contributed by atoms with Gasteiger partial charge in [-0.1, -0.05) is 29.8 Å². The van der Waals surface area contributed by atoms with Crippen LogP contribution in [0.4, 0.5) is 13.2 Å². The first-order valence-corrected chi connectivity index (χ1v) is 5.67. The summed E-state index contributed by atoms with van der Waals surface area (Å²) in [4.78, 5) is 3.87. The number of benzene rings is 1. The Labute approximate surface area is 108 Å². The number of halogens is 3. The zero-order chi connectivity index (χ0) is 13.9. The SMILES string of the molecule is Cc1cccc(-c2ccc(OCC(F)(F)F)nc2)c1. The monoisotopic (exact) mass is 267 g/mol. The van der Waals surface area contributed by atoms with Gasteiger partial charge in [0.1, 0.15) is 0 Å². The fourth-order valence-electron chi connectivity index (χ4n) is 1.62. The van der Waals surface area contributed by atoms with Gasteiger partial charge in [0.2, 0.25) is 5.88 Å². The van der Waals surface area contributed by atoms with Crippen molar-refractivity contribution in [2.24, 2.45) is 0 Å². The van der Waals surface area contributed by atoms with Crippen LogP contribution in [0.25, 0.3) is 11.1 Å². The van der Waals surface area contributed by atoms with Gasteiger partial charge in [0, 0.05) is 17.8 Å². The van der Waals surface area contributed by atoms with Crippen LogP contribution in [-0.4, -0.2) is 17.8 Å². The maximum Gasteiger partial charge on any atom is 0.422 e. The first kappa shape index (κ1) is 13.4. The molecule has 0 radical (unpaired) electrons. The molecule has 0 fully saturated rings. The van der Waals surface area contributed by atoms with Crippen molar-refractivity contribution in [2.45, 2.75) is 13.1 Å². The Bertz CT molecular complexity index is 549. The van der Waals surface area contributed by atoms with Crippen LogP contribution < -0.4 is 4.74 Å². The van der Waals surface area contributed by atoms with Gasteiger partial charge in [-0.3, -0.25) is 0 Å². The van der Waals surface area contributed by atoms with Crippen molar-refractivity contribution in [1.82, 2.24) is 4.98 Å². The third-order valence-electron chi connectivity index (χ3n) is 2.47. The van der Waals surface area contributed by atoms with Gasteiger partial charge in [-0.25, -0.2) is 4.98 Å². The van der Waals surface area contributed by atoms with E-state index in [1.807, 2.05) is 31.2 Å². The molecule has 0 aliphatic rings. The van der Waals surface area contributed by atoms with Crippen molar-refractivity contribution < 1.29 is 17.9 Å². The summed E-state index contributed by atoms with van der Waals surface area (Å²) in [6, 6.07) is 10.9. The van der Waals surface area contributed by atoms with Gasteiger partial charge < -0.3 is 4.74 Å². The van der Waals surface area contributed by atoms with Gasteiger partial charge in [-0.15, -0.1) is 0 Å². The second-order valence-electron chi connectivity index (χ2n) is 4.16. The summed E-state index contributed by atoms with van der Waals surface area (Å²) in [6.45, 7) is 0.640. The highest BCUT2D eigenvalue weighted by Crippen LogP contribution is 2.22. The number of hydrogen-bond donors (Lipinski definition) is 0. The molecule has 1 aromatic carbocycles. The van der Waals surface area contributed by atoms with E-state index in [2.05, 4.69) is 9.72 Å². The van der Waals surface area contributed by atoms with Gasteiger partial charge in [0.25, 0.3) is 0 Å². The standard InChI is InChI=1S/C14H12F3NO/c1-10-3-2-4-11(7-10)12-5-6-13(18-8-12)19-9-14(15,16)17/h2-8H,9H2,1H3. The lowest BCUT2D eigenvalue weighted by Gasteiger charge is -2.08. The molecular formula is C14H12F3NO. The second kappa shape index (κ2) is 5.30. The number of aromatic nitrogens is 1. The average Bonchev–Trinajstić information content (AvgIpc) is 2.36. The van der Waals surface area contributed by atoms with Crippen LogP contribution in [0.15, 0.2) is 42.6 Å². The lowest BCUT2D eigenvalue weighted by molar-refractivity contribution is -0.154. The van der Waals surface area contributed by atoms with Gasteiger partial charge in [-0.2, -0.15) is 13.2 Å². The van der Waals surface area contributed by atoms with Gasteiger partial charge in [0.15, 0.2) is 6.61 Å². The molecule has 0 amide bonds. The largest absolute Gasteiger partial charge is 0.468 e. The van der Waals surface area contributed by atoms with Crippen LogP contribution >= 0.6 is 0 Å². The summed E-state index contributed by atoms with van der Waals surface area (Å²) in [6.07, 6.45) is -2.85. The van der Waals surface area contributed by atoms with Crippen LogP contribution in [0.3, 0.4) is 0 Å². The fourth-order valence-corrected chi connectivity index (χ4v) is 1.62. The number of pyridine rings is 1. The van der Waals surface area contributed by atoms with Crippen molar-refractivity contribution in [3.8, 4) is 17.0 Å². The molecule has 0 saturated carbocycles. The molecule has 2 rings (SSSR count). The Morgan fingerprint density at radius 1 is 1.11 bits per heavy atom. The molecule has 1 heterocycles. The van der Waals surface area contributed by atoms with E-state index in [1.165, 1.54) is 12.3 Å². The Hall–Kier alpha value is -2.04. The highest BCUT2D eigenvalue weighted by molar-refractivity contribution is 5.63. The van der Waals surface area contributed by atoms with E-state index in [0.29, 0.717) is 0 Å². The molecule has 0 atom stereocenters. The summed E-state index contributed by atoms with van der Waals surface area (Å²) in [5, 5.41) is 0. The van der Waals surface area contributed by atoms with Crippen molar-refractivity contribution in [1.29, 1.82) is 0 Å². The average molecular weight is 267 g/mol. The second-order valence-corrected chi connectivity index (χ2v) is 4.16. The minimum atomic E-state index is -4.35. The summed E-state index contributed by atoms with van der Waals surface area (Å²) < 4.78 is 40.5. The minimum absolute atomic E-state index is 0.0336. The smallest absolute Gasteiger partial charge is 0.422 e. The molecule has 0 spiro atoms. The molecule has 2 aromatic rings. The van der Waals surface area contributed by atoms with Crippen LogP contribution in [0.2, 0.25) is 0 Å². The first-order chi connectivity index (χ1) is 8.94. The quantitative estimate of drug-likeness (QED) is 0.838.